The summed E-state index contributed by atoms with van der Waals surface area (Å²) in [6.45, 7) is 5.19. The van der Waals surface area contributed by atoms with Crippen LogP contribution < -0.4 is 0 Å². The quantitative estimate of drug-likeness (QED) is 0.713. The lowest BCUT2D eigenvalue weighted by Gasteiger charge is -2.20. The average molecular weight is 248 g/mol. The second-order valence-corrected chi connectivity index (χ2v) is 7.58. The van der Waals surface area contributed by atoms with E-state index in [4.69, 9.17) is 4.74 Å². The van der Waals surface area contributed by atoms with Gasteiger partial charge in [-0.1, -0.05) is 12.8 Å². The minimum Gasteiger partial charge on any atom is -0.459 e. The first kappa shape index (κ1) is 13.5. The van der Waals surface area contributed by atoms with E-state index >= 15 is 0 Å². The summed E-state index contributed by atoms with van der Waals surface area (Å²) in [6.07, 6.45) is 3.26. The van der Waals surface area contributed by atoms with Crippen molar-refractivity contribution in [1.82, 2.24) is 0 Å². The van der Waals surface area contributed by atoms with Gasteiger partial charge in [0.1, 0.15) is 11.4 Å². The molecule has 94 valence electrons. The van der Waals surface area contributed by atoms with E-state index in [0.717, 1.165) is 12.8 Å². The van der Waals surface area contributed by atoms with Crippen LogP contribution >= 0.6 is 0 Å². The molecule has 0 atom stereocenters. The van der Waals surface area contributed by atoms with Crippen LogP contribution in [0.1, 0.15) is 46.5 Å². The Kier molecular flexibility index (Phi) is 3.99. The third kappa shape index (κ3) is 4.12. The Balaban J connectivity index is 2.56. The number of carbonyl (C=O) groups excluding carboxylic acids is 1. The van der Waals surface area contributed by atoms with E-state index in [1.165, 1.54) is 0 Å². The number of hydrogen-bond acceptors (Lipinski definition) is 4. The molecule has 0 aromatic rings. The highest BCUT2D eigenvalue weighted by Crippen LogP contribution is 2.25. The Morgan fingerprint density at radius 2 is 1.75 bits per heavy atom. The van der Waals surface area contributed by atoms with Crippen molar-refractivity contribution in [1.29, 1.82) is 0 Å². The predicted molar refractivity (Wildman–Crippen MR) is 61.9 cm³/mol. The smallest absolute Gasteiger partial charge is 0.321 e. The van der Waals surface area contributed by atoms with Crippen molar-refractivity contribution in [2.24, 2.45) is 0 Å². The molecule has 0 heterocycles. The minimum atomic E-state index is -3.31. The van der Waals surface area contributed by atoms with Gasteiger partial charge in [0.05, 0.1) is 5.25 Å². The van der Waals surface area contributed by atoms with Crippen LogP contribution in [-0.2, 0) is 19.4 Å². The summed E-state index contributed by atoms with van der Waals surface area (Å²) < 4.78 is 28.7. The van der Waals surface area contributed by atoms with E-state index in [2.05, 4.69) is 0 Å². The molecule has 0 aromatic carbocycles. The standard InChI is InChI=1S/C11H20O4S/c1-11(2,3)15-10(12)8-16(13,14)9-6-4-5-7-9/h9H,4-8H2,1-3H3. The fraction of sp³-hybridized carbons (Fsp3) is 0.909. The first-order valence-electron chi connectivity index (χ1n) is 5.64. The fourth-order valence-electron chi connectivity index (χ4n) is 1.90. The third-order valence-electron chi connectivity index (χ3n) is 2.55. The van der Waals surface area contributed by atoms with Gasteiger partial charge in [-0.15, -0.1) is 0 Å². The monoisotopic (exact) mass is 248 g/mol. The molecule has 0 spiro atoms. The Labute approximate surface area is 97.3 Å². The molecular weight excluding hydrogens is 228 g/mol. The van der Waals surface area contributed by atoms with Gasteiger partial charge in [-0.25, -0.2) is 8.42 Å². The molecular formula is C11H20O4S. The SMILES string of the molecule is CC(C)(C)OC(=O)CS(=O)(=O)C1CCCC1. The summed E-state index contributed by atoms with van der Waals surface area (Å²) in [5, 5.41) is -0.333. The van der Waals surface area contributed by atoms with Crippen LogP contribution in [0.4, 0.5) is 0 Å². The zero-order valence-electron chi connectivity index (χ0n) is 10.2. The Bertz CT molecular complexity index is 345. The molecule has 1 aliphatic rings. The van der Waals surface area contributed by atoms with Crippen LogP contribution in [0.2, 0.25) is 0 Å². The van der Waals surface area contributed by atoms with Gasteiger partial charge in [0, 0.05) is 0 Å². The second kappa shape index (κ2) is 4.73. The maximum absolute atomic E-state index is 11.8. The lowest BCUT2D eigenvalue weighted by atomic mass is 10.2. The molecule has 0 saturated heterocycles. The van der Waals surface area contributed by atoms with Gasteiger partial charge in [-0.05, 0) is 33.6 Å². The Hall–Kier alpha value is -0.580. The molecule has 0 amide bonds. The van der Waals surface area contributed by atoms with E-state index in [1.54, 1.807) is 20.8 Å². The van der Waals surface area contributed by atoms with Crippen LogP contribution in [0.15, 0.2) is 0 Å². The highest BCUT2D eigenvalue weighted by Gasteiger charge is 2.32. The molecule has 0 N–H and O–H groups in total. The molecule has 0 aliphatic heterocycles. The maximum Gasteiger partial charge on any atom is 0.321 e. The van der Waals surface area contributed by atoms with Crippen molar-refractivity contribution in [3.63, 3.8) is 0 Å². The number of rotatable bonds is 3. The van der Waals surface area contributed by atoms with Crippen molar-refractivity contribution in [3.8, 4) is 0 Å². The summed E-state index contributed by atoms with van der Waals surface area (Å²) >= 11 is 0. The highest BCUT2D eigenvalue weighted by atomic mass is 32.2. The van der Waals surface area contributed by atoms with E-state index < -0.39 is 27.2 Å². The summed E-state index contributed by atoms with van der Waals surface area (Å²) in [7, 11) is -3.31. The van der Waals surface area contributed by atoms with Gasteiger partial charge >= 0.3 is 5.97 Å². The normalized spacial score (nSPS) is 18.7. The van der Waals surface area contributed by atoms with Gasteiger partial charge in [-0.3, -0.25) is 4.79 Å². The van der Waals surface area contributed by atoms with Crippen LogP contribution in [0, 0.1) is 0 Å². The zero-order valence-corrected chi connectivity index (χ0v) is 11.0. The molecule has 5 heteroatoms. The largest absolute Gasteiger partial charge is 0.459 e. The van der Waals surface area contributed by atoms with Gasteiger partial charge in [0.25, 0.3) is 0 Å². The van der Waals surface area contributed by atoms with Crippen molar-refractivity contribution >= 4 is 15.8 Å². The van der Waals surface area contributed by atoms with Gasteiger partial charge in [0.15, 0.2) is 9.84 Å². The van der Waals surface area contributed by atoms with Crippen molar-refractivity contribution in [2.45, 2.75) is 57.3 Å². The first-order chi connectivity index (χ1) is 7.21. The molecule has 1 rings (SSSR count). The van der Waals surface area contributed by atoms with E-state index in [1.807, 2.05) is 0 Å². The molecule has 16 heavy (non-hydrogen) atoms. The molecule has 0 bridgehead atoms. The van der Waals surface area contributed by atoms with Crippen LogP contribution in [0.3, 0.4) is 0 Å². The number of esters is 1. The number of carbonyl (C=O) groups is 1. The maximum atomic E-state index is 11.8. The average Bonchev–Trinajstić information content (AvgIpc) is 2.49. The molecule has 0 aromatic heterocycles. The number of ether oxygens (including phenoxy) is 1. The first-order valence-corrected chi connectivity index (χ1v) is 7.36. The Morgan fingerprint density at radius 3 is 2.19 bits per heavy atom. The predicted octanol–water partition coefficient (Wildman–Crippen LogP) is 1.69. The topological polar surface area (TPSA) is 60.4 Å². The van der Waals surface area contributed by atoms with E-state index in [0.29, 0.717) is 12.8 Å². The van der Waals surface area contributed by atoms with E-state index in [9.17, 15) is 13.2 Å². The van der Waals surface area contributed by atoms with Crippen molar-refractivity contribution in [3.05, 3.63) is 0 Å². The van der Waals surface area contributed by atoms with Gasteiger partial charge < -0.3 is 4.74 Å². The van der Waals surface area contributed by atoms with Crippen LogP contribution in [0.25, 0.3) is 0 Å². The van der Waals surface area contributed by atoms with Crippen LogP contribution in [0.5, 0.6) is 0 Å². The Morgan fingerprint density at radius 1 is 1.25 bits per heavy atom. The number of sulfone groups is 1. The molecule has 1 fully saturated rings. The second-order valence-electron chi connectivity index (χ2n) is 5.30. The van der Waals surface area contributed by atoms with Gasteiger partial charge in [-0.2, -0.15) is 0 Å². The molecule has 1 saturated carbocycles. The zero-order chi connectivity index (χ0) is 12.4. The lowest BCUT2D eigenvalue weighted by Crippen LogP contribution is -2.32. The highest BCUT2D eigenvalue weighted by molar-refractivity contribution is 7.92. The lowest BCUT2D eigenvalue weighted by molar-refractivity contribution is -0.151. The van der Waals surface area contributed by atoms with Crippen molar-refractivity contribution in [2.75, 3.05) is 5.75 Å². The summed E-state index contributed by atoms with van der Waals surface area (Å²) in [5.74, 6) is -1.12. The van der Waals surface area contributed by atoms with Crippen LogP contribution in [-0.4, -0.2) is 31.0 Å². The molecule has 0 unspecified atom stereocenters. The molecule has 4 nitrogen and oxygen atoms in total. The fourth-order valence-corrected chi connectivity index (χ4v) is 3.58. The summed E-state index contributed by atoms with van der Waals surface area (Å²) in [6, 6.07) is 0. The van der Waals surface area contributed by atoms with Gasteiger partial charge in [0.2, 0.25) is 0 Å². The summed E-state index contributed by atoms with van der Waals surface area (Å²) in [4.78, 5) is 11.4. The number of hydrogen-bond donors (Lipinski definition) is 0. The summed E-state index contributed by atoms with van der Waals surface area (Å²) in [5.41, 5.74) is -0.623. The minimum absolute atomic E-state index is 0.333. The van der Waals surface area contributed by atoms with Crippen molar-refractivity contribution < 1.29 is 17.9 Å². The third-order valence-corrected chi connectivity index (χ3v) is 4.67. The molecule has 0 radical (unpaired) electrons. The molecule has 1 aliphatic carbocycles. The van der Waals surface area contributed by atoms with E-state index in [-0.39, 0.29) is 5.25 Å².